The lowest BCUT2D eigenvalue weighted by Crippen LogP contribution is -2.51. The largest absolute Gasteiger partial charge is 0.379 e. The van der Waals surface area contributed by atoms with E-state index in [0.717, 1.165) is 12.8 Å². The van der Waals surface area contributed by atoms with Crippen LogP contribution in [0.2, 0.25) is 0 Å². The van der Waals surface area contributed by atoms with Crippen molar-refractivity contribution in [2.45, 2.75) is 25.8 Å². The van der Waals surface area contributed by atoms with Crippen molar-refractivity contribution in [2.75, 3.05) is 45.9 Å². The molecule has 2 atom stereocenters. The normalized spacial score (nSPS) is 26.8. The van der Waals surface area contributed by atoms with Crippen LogP contribution < -0.4 is 10.5 Å². The van der Waals surface area contributed by atoms with Gasteiger partial charge in [-0.15, -0.1) is 12.4 Å². The van der Waals surface area contributed by atoms with Crippen LogP contribution in [-0.2, 0) is 19.7 Å². The third-order valence-electron chi connectivity index (χ3n) is 4.17. The number of amides is 1. The van der Waals surface area contributed by atoms with E-state index in [-0.39, 0.29) is 36.8 Å². The van der Waals surface area contributed by atoms with Crippen molar-refractivity contribution in [1.29, 1.82) is 0 Å². The van der Waals surface area contributed by atoms with Crippen LogP contribution in [0.4, 0.5) is 0 Å². The van der Waals surface area contributed by atoms with E-state index in [4.69, 9.17) is 10.5 Å². The summed E-state index contributed by atoms with van der Waals surface area (Å²) in [5.41, 5.74) is 5.24. The van der Waals surface area contributed by atoms with E-state index < -0.39 is 10.2 Å². The number of carbonyl (C=O) groups is 1. The van der Waals surface area contributed by atoms with Gasteiger partial charge in [0.05, 0.1) is 19.8 Å². The molecular formula is C13H27ClN4O4S. The minimum atomic E-state index is -3.51. The number of rotatable bonds is 7. The summed E-state index contributed by atoms with van der Waals surface area (Å²) in [4.78, 5) is 13.0. The number of primary amides is 1. The van der Waals surface area contributed by atoms with Gasteiger partial charge in [0.1, 0.15) is 0 Å². The number of nitrogens with one attached hydrogen (secondary N) is 1. The zero-order valence-electron chi connectivity index (χ0n) is 13.4. The van der Waals surface area contributed by atoms with Gasteiger partial charge in [0.15, 0.2) is 0 Å². The number of halogens is 1. The maximum atomic E-state index is 12.5. The number of hydrogen-bond donors (Lipinski definition) is 2. The van der Waals surface area contributed by atoms with E-state index in [9.17, 15) is 13.2 Å². The number of hydrogen-bond acceptors (Lipinski definition) is 5. The van der Waals surface area contributed by atoms with E-state index in [1.165, 1.54) is 4.31 Å². The summed E-state index contributed by atoms with van der Waals surface area (Å²) >= 11 is 0. The maximum Gasteiger partial charge on any atom is 0.279 e. The van der Waals surface area contributed by atoms with E-state index in [1.54, 1.807) is 0 Å². The smallest absolute Gasteiger partial charge is 0.279 e. The van der Waals surface area contributed by atoms with Crippen molar-refractivity contribution < 1.29 is 17.9 Å². The average molecular weight is 371 g/mol. The molecule has 0 aliphatic carbocycles. The Morgan fingerprint density at radius 3 is 2.52 bits per heavy atom. The second kappa shape index (κ2) is 9.14. The fraction of sp³-hybridized carbons (Fsp3) is 0.923. The summed E-state index contributed by atoms with van der Waals surface area (Å²) in [6.07, 6.45) is 1.90. The van der Waals surface area contributed by atoms with Crippen molar-refractivity contribution in [3.63, 3.8) is 0 Å². The van der Waals surface area contributed by atoms with Gasteiger partial charge in [0.25, 0.3) is 10.2 Å². The summed E-state index contributed by atoms with van der Waals surface area (Å²) in [6.45, 7) is 5.09. The first-order valence-corrected chi connectivity index (χ1v) is 9.22. The Bertz CT molecular complexity index is 484. The number of likely N-dealkylation sites (tertiary alicyclic amines) is 1. The average Bonchev–Trinajstić information content (AvgIpc) is 2.80. The van der Waals surface area contributed by atoms with Gasteiger partial charge in [-0.3, -0.25) is 9.69 Å². The molecule has 0 bridgehead atoms. The van der Waals surface area contributed by atoms with E-state index in [1.807, 2.05) is 4.90 Å². The molecule has 0 saturated carbocycles. The highest BCUT2D eigenvalue weighted by Gasteiger charge is 2.37. The number of nitrogens with two attached hydrogens (primary N) is 1. The minimum Gasteiger partial charge on any atom is -0.379 e. The van der Waals surface area contributed by atoms with Gasteiger partial charge in [-0.05, 0) is 12.3 Å². The van der Waals surface area contributed by atoms with Crippen molar-refractivity contribution in [1.82, 2.24) is 13.9 Å². The Hall–Kier alpha value is -0.450. The zero-order valence-corrected chi connectivity index (χ0v) is 15.1. The quantitative estimate of drug-likeness (QED) is 0.608. The molecule has 10 heteroatoms. The SMILES string of the molecule is CCC[C@H]1CN(CC(N)=O)C[C@@H]1NS(=O)(=O)N1CCOCC1.Cl. The maximum absolute atomic E-state index is 12.5. The third kappa shape index (κ3) is 5.84. The molecule has 3 N–H and O–H groups in total. The lowest BCUT2D eigenvalue weighted by atomic mass is 9.99. The monoisotopic (exact) mass is 370 g/mol. The number of ether oxygens (including phenoxy) is 1. The topological polar surface area (TPSA) is 105 Å². The highest BCUT2D eigenvalue weighted by Crippen LogP contribution is 2.22. The van der Waals surface area contributed by atoms with Gasteiger partial charge in [-0.25, -0.2) is 0 Å². The summed E-state index contributed by atoms with van der Waals surface area (Å²) < 4.78 is 34.4. The van der Waals surface area contributed by atoms with Crippen molar-refractivity contribution in [3.8, 4) is 0 Å². The molecule has 8 nitrogen and oxygen atoms in total. The van der Waals surface area contributed by atoms with Gasteiger partial charge >= 0.3 is 0 Å². The first-order chi connectivity index (χ1) is 10.4. The molecule has 23 heavy (non-hydrogen) atoms. The lowest BCUT2D eigenvalue weighted by Gasteiger charge is -2.29. The van der Waals surface area contributed by atoms with Crippen molar-refractivity contribution in [2.24, 2.45) is 11.7 Å². The number of nitrogens with zero attached hydrogens (tertiary/aromatic N) is 2. The number of carbonyl (C=O) groups excluding carboxylic acids is 1. The molecule has 0 aromatic heterocycles. The Kier molecular flexibility index (Phi) is 8.19. The summed E-state index contributed by atoms with van der Waals surface area (Å²) in [5.74, 6) is -0.174. The molecule has 0 radical (unpaired) electrons. The Labute approximate surface area is 144 Å². The van der Waals surface area contributed by atoms with Crippen LogP contribution in [0.15, 0.2) is 0 Å². The highest BCUT2D eigenvalue weighted by molar-refractivity contribution is 7.87. The second-order valence-electron chi connectivity index (χ2n) is 5.95. The van der Waals surface area contributed by atoms with Gasteiger partial charge in [-0.1, -0.05) is 13.3 Å². The fourth-order valence-electron chi connectivity index (χ4n) is 3.16. The van der Waals surface area contributed by atoms with Gasteiger partial charge in [0.2, 0.25) is 5.91 Å². The number of morpholine rings is 1. The molecular weight excluding hydrogens is 344 g/mol. The van der Waals surface area contributed by atoms with Gasteiger partial charge in [-0.2, -0.15) is 17.4 Å². The van der Waals surface area contributed by atoms with Crippen LogP contribution in [0, 0.1) is 5.92 Å². The summed E-state index contributed by atoms with van der Waals surface area (Å²) in [7, 11) is -3.51. The molecule has 2 aliphatic rings. The first-order valence-electron chi connectivity index (χ1n) is 7.78. The summed E-state index contributed by atoms with van der Waals surface area (Å²) in [5, 5.41) is 0. The van der Waals surface area contributed by atoms with Crippen LogP contribution in [0.5, 0.6) is 0 Å². The molecule has 0 aromatic rings. The molecule has 2 aliphatic heterocycles. The Morgan fingerprint density at radius 1 is 1.30 bits per heavy atom. The molecule has 2 heterocycles. The fourth-order valence-corrected chi connectivity index (χ4v) is 4.59. The predicted octanol–water partition coefficient (Wildman–Crippen LogP) is -0.839. The van der Waals surface area contributed by atoms with Crippen LogP contribution in [0.1, 0.15) is 19.8 Å². The second-order valence-corrected chi connectivity index (χ2v) is 7.65. The molecule has 0 unspecified atom stereocenters. The Balaban J connectivity index is 0.00000264. The third-order valence-corrected chi connectivity index (χ3v) is 5.81. The van der Waals surface area contributed by atoms with E-state index in [0.29, 0.717) is 39.4 Å². The van der Waals surface area contributed by atoms with E-state index >= 15 is 0 Å². The molecule has 2 fully saturated rings. The van der Waals surface area contributed by atoms with Crippen LogP contribution in [0.25, 0.3) is 0 Å². The standard InChI is InChI=1S/C13H26N4O4S.ClH/c1-2-3-11-8-16(10-13(14)18)9-12(11)15-22(19,20)17-4-6-21-7-5-17;/h11-12,15H,2-10H2,1H3,(H2,14,18);1H/t11-,12-;/m0./s1. The summed E-state index contributed by atoms with van der Waals surface area (Å²) in [6, 6.07) is -0.174. The van der Waals surface area contributed by atoms with E-state index in [2.05, 4.69) is 11.6 Å². The molecule has 2 saturated heterocycles. The molecule has 0 spiro atoms. The van der Waals surface area contributed by atoms with Gasteiger partial charge in [0, 0.05) is 32.2 Å². The molecule has 0 aromatic carbocycles. The molecule has 136 valence electrons. The zero-order chi connectivity index (χ0) is 16.2. The van der Waals surface area contributed by atoms with Crippen LogP contribution in [0.3, 0.4) is 0 Å². The Morgan fingerprint density at radius 2 is 1.96 bits per heavy atom. The lowest BCUT2D eigenvalue weighted by molar-refractivity contribution is -0.118. The first kappa shape index (κ1) is 20.6. The predicted molar refractivity (Wildman–Crippen MR) is 89.5 cm³/mol. The van der Waals surface area contributed by atoms with Crippen LogP contribution in [-0.4, -0.2) is 75.5 Å². The van der Waals surface area contributed by atoms with Crippen LogP contribution >= 0.6 is 12.4 Å². The van der Waals surface area contributed by atoms with Crippen molar-refractivity contribution >= 4 is 28.5 Å². The van der Waals surface area contributed by atoms with Gasteiger partial charge < -0.3 is 10.5 Å². The highest BCUT2D eigenvalue weighted by atomic mass is 35.5. The molecule has 2 rings (SSSR count). The van der Waals surface area contributed by atoms with Crippen molar-refractivity contribution in [3.05, 3.63) is 0 Å². The minimum absolute atomic E-state index is 0. The molecule has 1 amide bonds.